The van der Waals surface area contributed by atoms with Gasteiger partial charge < -0.3 is 9.47 Å². The maximum absolute atomic E-state index is 13.7. The minimum atomic E-state index is -0.182. The molecule has 2 rings (SSSR count). The number of halogens is 1. The molecule has 1 aliphatic heterocycles. The first kappa shape index (κ1) is 12.2. The number of ether oxygens (including phenoxy) is 2. The Labute approximate surface area is 102 Å². The van der Waals surface area contributed by atoms with Crippen molar-refractivity contribution in [3.05, 3.63) is 23.5 Å². The van der Waals surface area contributed by atoms with Crippen LogP contribution in [-0.4, -0.2) is 6.79 Å². The Morgan fingerprint density at radius 2 is 1.88 bits per heavy atom. The van der Waals surface area contributed by atoms with Gasteiger partial charge in [-0.25, -0.2) is 4.39 Å². The minimum Gasteiger partial charge on any atom is -0.454 e. The van der Waals surface area contributed by atoms with Gasteiger partial charge in [0.15, 0.2) is 11.5 Å². The first-order valence-corrected chi connectivity index (χ1v) is 6.25. The van der Waals surface area contributed by atoms with Gasteiger partial charge in [0.05, 0.1) is 0 Å². The quantitative estimate of drug-likeness (QED) is 0.724. The Kier molecular flexibility index (Phi) is 3.87. The molecule has 17 heavy (non-hydrogen) atoms. The fraction of sp³-hybridized carbons (Fsp3) is 0.571. The second-order valence-electron chi connectivity index (χ2n) is 4.94. The third-order valence-corrected chi connectivity index (χ3v) is 3.02. The molecule has 0 saturated heterocycles. The van der Waals surface area contributed by atoms with E-state index in [1.165, 1.54) is 12.5 Å². The molecule has 0 fully saturated rings. The molecule has 0 aliphatic carbocycles. The molecular formula is C14H19FO2. The highest BCUT2D eigenvalue weighted by Crippen LogP contribution is 2.34. The van der Waals surface area contributed by atoms with Crippen molar-refractivity contribution < 1.29 is 13.9 Å². The molecule has 0 atom stereocenters. The normalized spacial score (nSPS) is 13.4. The van der Waals surface area contributed by atoms with Crippen LogP contribution in [0.25, 0.3) is 0 Å². The van der Waals surface area contributed by atoms with Gasteiger partial charge in [0.2, 0.25) is 6.79 Å². The van der Waals surface area contributed by atoms with Gasteiger partial charge in [0.1, 0.15) is 5.82 Å². The molecule has 0 amide bonds. The van der Waals surface area contributed by atoms with Crippen LogP contribution in [0.3, 0.4) is 0 Å². The van der Waals surface area contributed by atoms with Crippen LogP contribution in [-0.2, 0) is 6.42 Å². The Bertz CT molecular complexity index is 388. The molecule has 0 aromatic heterocycles. The van der Waals surface area contributed by atoms with E-state index in [9.17, 15) is 4.39 Å². The third-order valence-electron chi connectivity index (χ3n) is 3.02. The van der Waals surface area contributed by atoms with Crippen molar-refractivity contribution in [3.63, 3.8) is 0 Å². The summed E-state index contributed by atoms with van der Waals surface area (Å²) in [7, 11) is 0. The number of aryl methyl sites for hydroxylation is 1. The van der Waals surface area contributed by atoms with Crippen molar-refractivity contribution in [3.8, 4) is 11.5 Å². The van der Waals surface area contributed by atoms with E-state index < -0.39 is 0 Å². The molecule has 0 unspecified atom stereocenters. The fourth-order valence-corrected chi connectivity index (χ4v) is 2.02. The molecule has 94 valence electrons. The predicted molar refractivity (Wildman–Crippen MR) is 64.9 cm³/mol. The van der Waals surface area contributed by atoms with E-state index in [0.717, 1.165) is 30.7 Å². The summed E-state index contributed by atoms with van der Waals surface area (Å²) < 4.78 is 24.1. The van der Waals surface area contributed by atoms with Gasteiger partial charge in [-0.15, -0.1) is 0 Å². The molecule has 0 N–H and O–H groups in total. The maximum atomic E-state index is 13.7. The number of hydrogen-bond acceptors (Lipinski definition) is 2. The third kappa shape index (κ3) is 3.11. The van der Waals surface area contributed by atoms with Gasteiger partial charge >= 0.3 is 0 Å². The Morgan fingerprint density at radius 3 is 2.59 bits per heavy atom. The highest BCUT2D eigenvalue weighted by Gasteiger charge is 2.16. The number of fused-ring (bicyclic) bond motifs is 1. The van der Waals surface area contributed by atoms with Crippen molar-refractivity contribution in [2.75, 3.05) is 6.79 Å². The monoisotopic (exact) mass is 238 g/mol. The van der Waals surface area contributed by atoms with Crippen molar-refractivity contribution in [1.29, 1.82) is 0 Å². The first-order valence-electron chi connectivity index (χ1n) is 6.25. The topological polar surface area (TPSA) is 18.5 Å². The molecule has 0 bridgehead atoms. The van der Waals surface area contributed by atoms with Crippen LogP contribution in [0.4, 0.5) is 4.39 Å². The van der Waals surface area contributed by atoms with Gasteiger partial charge in [-0.3, -0.25) is 0 Å². The number of rotatable bonds is 5. The van der Waals surface area contributed by atoms with Crippen molar-refractivity contribution in [1.82, 2.24) is 0 Å². The lowest BCUT2D eigenvalue weighted by atomic mass is 10.0. The summed E-state index contributed by atoms with van der Waals surface area (Å²) >= 11 is 0. The Morgan fingerprint density at radius 1 is 1.18 bits per heavy atom. The molecular weight excluding hydrogens is 219 g/mol. The van der Waals surface area contributed by atoms with Gasteiger partial charge in [-0.05, 0) is 30.4 Å². The van der Waals surface area contributed by atoms with Gasteiger partial charge in [-0.2, -0.15) is 0 Å². The van der Waals surface area contributed by atoms with Gasteiger partial charge in [0, 0.05) is 6.07 Å². The van der Waals surface area contributed by atoms with Crippen LogP contribution < -0.4 is 9.47 Å². The molecule has 1 heterocycles. The maximum Gasteiger partial charge on any atom is 0.231 e. The average molecular weight is 238 g/mol. The Balaban J connectivity index is 1.92. The lowest BCUT2D eigenvalue weighted by Gasteiger charge is -2.06. The van der Waals surface area contributed by atoms with Crippen molar-refractivity contribution in [2.45, 2.75) is 39.5 Å². The lowest BCUT2D eigenvalue weighted by Crippen LogP contribution is -1.93. The Hall–Kier alpha value is -1.25. The second kappa shape index (κ2) is 5.39. The zero-order valence-electron chi connectivity index (χ0n) is 10.5. The van der Waals surface area contributed by atoms with E-state index in [4.69, 9.17) is 9.47 Å². The molecule has 1 aromatic carbocycles. The molecule has 1 aliphatic rings. The van der Waals surface area contributed by atoms with Crippen LogP contribution in [0, 0.1) is 11.7 Å². The van der Waals surface area contributed by atoms with Crippen molar-refractivity contribution in [2.24, 2.45) is 5.92 Å². The largest absolute Gasteiger partial charge is 0.454 e. The van der Waals surface area contributed by atoms with Gasteiger partial charge in [-0.1, -0.05) is 26.7 Å². The van der Waals surface area contributed by atoms with Crippen LogP contribution >= 0.6 is 0 Å². The van der Waals surface area contributed by atoms with E-state index in [1.54, 1.807) is 6.07 Å². The summed E-state index contributed by atoms with van der Waals surface area (Å²) in [5, 5.41) is 0. The highest BCUT2D eigenvalue weighted by atomic mass is 19.1. The molecule has 0 radical (unpaired) electrons. The van der Waals surface area contributed by atoms with E-state index in [-0.39, 0.29) is 12.6 Å². The SMILES string of the molecule is CC(C)CCCCc1cc2c(cc1F)OCO2. The first-order chi connectivity index (χ1) is 8.16. The summed E-state index contributed by atoms with van der Waals surface area (Å²) in [5.74, 6) is 1.73. The summed E-state index contributed by atoms with van der Waals surface area (Å²) in [6.07, 6.45) is 4.14. The van der Waals surface area contributed by atoms with E-state index in [2.05, 4.69) is 13.8 Å². The lowest BCUT2D eigenvalue weighted by molar-refractivity contribution is 0.174. The smallest absolute Gasteiger partial charge is 0.231 e. The standard InChI is InChI=1S/C14H19FO2/c1-10(2)5-3-4-6-11-7-13-14(8-12(11)15)17-9-16-13/h7-8,10H,3-6,9H2,1-2H3. The average Bonchev–Trinajstić information content (AvgIpc) is 2.71. The molecule has 0 spiro atoms. The number of unbranched alkanes of at least 4 members (excludes halogenated alkanes) is 1. The van der Waals surface area contributed by atoms with Gasteiger partial charge in [0.25, 0.3) is 0 Å². The molecule has 3 heteroatoms. The fourth-order valence-electron chi connectivity index (χ4n) is 2.02. The summed E-state index contributed by atoms with van der Waals surface area (Å²) in [5.41, 5.74) is 0.734. The zero-order chi connectivity index (χ0) is 12.3. The zero-order valence-corrected chi connectivity index (χ0v) is 10.5. The van der Waals surface area contributed by atoms with E-state index >= 15 is 0 Å². The van der Waals surface area contributed by atoms with E-state index in [0.29, 0.717) is 11.5 Å². The van der Waals surface area contributed by atoms with Crippen molar-refractivity contribution >= 4 is 0 Å². The van der Waals surface area contributed by atoms with E-state index in [1.807, 2.05) is 0 Å². The predicted octanol–water partition coefficient (Wildman–Crippen LogP) is 3.92. The number of benzene rings is 1. The van der Waals surface area contributed by atoms with Crippen LogP contribution in [0.2, 0.25) is 0 Å². The summed E-state index contributed by atoms with van der Waals surface area (Å²) in [4.78, 5) is 0. The van der Waals surface area contributed by atoms with Crippen LogP contribution in [0.1, 0.15) is 38.7 Å². The molecule has 0 saturated carbocycles. The highest BCUT2D eigenvalue weighted by molar-refractivity contribution is 5.45. The molecule has 2 nitrogen and oxygen atoms in total. The van der Waals surface area contributed by atoms with Crippen LogP contribution in [0.15, 0.2) is 12.1 Å². The summed E-state index contributed by atoms with van der Waals surface area (Å²) in [6.45, 7) is 4.62. The van der Waals surface area contributed by atoms with Crippen LogP contribution in [0.5, 0.6) is 11.5 Å². The molecule has 1 aromatic rings. The minimum absolute atomic E-state index is 0.182. The summed E-state index contributed by atoms with van der Waals surface area (Å²) in [6, 6.07) is 3.20. The number of hydrogen-bond donors (Lipinski definition) is 0. The second-order valence-corrected chi connectivity index (χ2v) is 4.94.